The molecule has 0 aromatic heterocycles. The number of halogens is 1. The van der Waals surface area contributed by atoms with E-state index >= 15 is 0 Å². The van der Waals surface area contributed by atoms with Gasteiger partial charge in [-0.3, -0.25) is 0 Å². The molecule has 0 aliphatic carbocycles. The second-order valence-corrected chi connectivity index (χ2v) is 4.96. The number of hydrogen-bond donors (Lipinski definition) is 1. The summed E-state index contributed by atoms with van der Waals surface area (Å²) in [5.74, 6) is -0.472. The van der Waals surface area contributed by atoms with Crippen LogP contribution in [0.4, 0.5) is 0 Å². The number of benzene rings is 2. The molecule has 0 amide bonds. The Kier molecular flexibility index (Phi) is 4.64. The maximum absolute atomic E-state index is 11.3. The van der Waals surface area contributed by atoms with Gasteiger partial charge in [-0.25, -0.2) is 4.79 Å². The van der Waals surface area contributed by atoms with E-state index in [2.05, 4.69) is 0 Å². The molecule has 0 saturated heterocycles. The van der Waals surface area contributed by atoms with Crippen molar-refractivity contribution in [3.05, 3.63) is 64.7 Å². The normalized spacial score (nSPS) is 11.9. The third-order valence-electron chi connectivity index (χ3n) is 2.94. The molecule has 0 fully saturated rings. The second kappa shape index (κ2) is 6.44. The van der Waals surface area contributed by atoms with Crippen LogP contribution in [0.25, 0.3) is 0 Å². The molecule has 0 aliphatic heterocycles. The van der Waals surface area contributed by atoms with Gasteiger partial charge in [0, 0.05) is 11.4 Å². The molecule has 104 valence electrons. The molecule has 0 radical (unpaired) electrons. The van der Waals surface area contributed by atoms with Crippen LogP contribution in [0, 0.1) is 6.92 Å². The number of aliphatic carboxylic acids is 1. The van der Waals surface area contributed by atoms with Gasteiger partial charge in [-0.15, -0.1) is 0 Å². The first-order valence-electron chi connectivity index (χ1n) is 6.26. The zero-order valence-corrected chi connectivity index (χ0v) is 11.8. The summed E-state index contributed by atoms with van der Waals surface area (Å²) in [6, 6.07) is 14.5. The Labute approximate surface area is 122 Å². The van der Waals surface area contributed by atoms with E-state index in [4.69, 9.17) is 16.3 Å². The van der Waals surface area contributed by atoms with Crippen molar-refractivity contribution in [1.29, 1.82) is 0 Å². The van der Waals surface area contributed by atoms with E-state index in [1.54, 1.807) is 24.3 Å². The summed E-state index contributed by atoms with van der Waals surface area (Å²) in [5, 5.41) is 9.82. The highest BCUT2D eigenvalue weighted by Gasteiger charge is 2.21. The highest BCUT2D eigenvalue weighted by atomic mass is 35.5. The lowest BCUT2D eigenvalue weighted by molar-refractivity contribution is -0.145. The third-order valence-corrected chi connectivity index (χ3v) is 3.31. The molecule has 2 rings (SSSR count). The van der Waals surface area contributed by atoms with Gasteiger partial charge in [-0.1, -0.05) is 47.5 Å². The molecule has 0 spiro atoms. The first-order valence-corrected chi connectivity index (χ1v) is 6.63. The van der Waals surface area contributed by atoms with Crippen LogP contribution in [0.3, 0.4) is 0 Å². The molecular formula is C16H15ClO3. The number of carboxylic acids is 1. The topological polar surface area (TPSA) is 46.5 Å². The molecule has 0 saturated carbocycles. The maximum Gasteiger partial charge on any atom is 0.345 e. The Morgan fingerprint density at radius 3 is 2.45 bits per heavy atom. The molecule has 1 unspecified atom stereocenters. The van der Waals surface area contributed by atoms with E-state index in [0.717, 1.165) is 11.1 Å². The first kappa shape index (κ1) is 14.4. The number of ether oxygens (including phenoxy) is 1. The highest BCUT2D eigenvalue weighted by Crippen LogP contribution is 2.20. The molecule has 2 aromatic rings. The van der Waals surface area contributed by atoms with Crippen LogP contribution < -0.4 is 4.74 Å². The number of hydrogen-bond acceptors (Lipinski definition) is 2. The highest BCUT2D eigenvalue weighted by molar-refractivity contribution is 6.31. The summed E-state index contributed by atoms with van der Waals surface area (Å²) in [6.45, 7) is 1.96. The van der Waals surface area contributed by atoms with Gasteiger partial charge >= 0.3 is 5.97 Å². The zero-order chi connectivity index (χ0) is 14.5. The van der Waals surface area contributed by atoms with Crippen molar-refractivity contribution in [2.45, 2.75) is 19.4 Å². The lowest BCUT2D eigenvalue weighted by Crippen LogP contribution is -2.29. The van der Waals surface area contributed by atoms with Gasteiger partial charge in [0.1, 0.15) is 5.75 Å². The fourth-order valence-corrected chi connectivity index (χ4v) is 2.04. The fourth-order valence-electron chi connectivity index (χ4n) is 1.82. The van der Waals surface area contributed by atoms with Gasteiger partial charge in [-0.05, 0) is 30.7 Å². The Morgan fingerprint density at radius 1 is 1.20 bits per heavy atom. The van der Waals surface area contributed by atoms with Gasteiger partial charge in [-0.2, -0.15) is 0 Å². The van der Waals surface area contributed by atoms with Crippen molar-refractivity contribution >= 4 is 17.6 Å². The number of carbonyl (C=O) groups is 1. The van der Waals surface area contributed by atoms with Crippen molar-refractivity contribution in [3.63, 3.8) is 0 Å². The molecule has 2 aromatic carbocycles. The van der Waals surface area contributed by atoms with Crippen molar-refractivity contribution < 1.29 is 14.6 Å². The minimum Gasteiger partial charge on any atom is -0.478 e. The van der Waals surface area contributed by atoms with Crippen molar-refractivity contribution in [1.82, 2.24) is 0 Å². The molecule has 3 nitrogen and oxygen atoms in total. The van der Waals surface area contributed by atoms with E-state index < -0.39 is 12.1 Å². The lowest BCUT2D eigenvalue weighted by Gasteiger charge is -2.16. The van der Waals surface area contributed by atoms with E-state index in [1.807, 2.05) is 31.2 Å². The van der Waals surface area contributed by atoms with Crippen LogP contribution in [0.2, 0.25) is 5.02 Å². The zero-order valence-electron chi connectivity index (χ0n) is 11.0. The van der Waals surface area contributed by atoms with Crippen LogP contribution in [0.1, 0.15) is 11.1 Å². The molecule has 4 heteroatoms. The van der Waals surface area contributed by atoms with Gasteiger partial charge in [0.15, 0.2) is 6.10 Å². The first-order chi connectivity index (χ1) is 9.56. The summed E-state index contributed by atoms with van der Waals surface area (Å²) in [7, 11) is 0. The van der Waals surface area contributed by atoms with Gasteiger partial charge in [0.05, 0.1) is 0 Å². The number of rotatable bonds is 5. The summed E-state index contributed by atoms with van der Waals surface area (Å²) in [5.41, 5.74) is 1.85. The third kappa shape index (κ3) is 3.75. The van der Waals surface area contributed by atoms with Gasteiger partial charge < -0.3 is 9.84 Å². The molecule has 0 aliphatic rings. The Hall–Kier alpha value is -2.00. The van der Waals surface area contributed by atoms with Crippen LogP contribution in [-0.2, 0) is 11.2 Å². The predicted octanol–water partition coefficient (Wildman–Crippen LogP) is 3.72. The largest absolute Gasteiger partial charge is 0.478 e. The van der Waals surface area contributed by atoms with Crippen LogP contribution in [0.15, 0.2) is 48.5 Å². The van der Waals surface area contributed by atoms with Crippen LogP contribution >= 0.6 is 11.6 Å². The van der Waals surface area contributed by atoms with Crippen molar-refractivity contribution in [2.24, 2.45) is 0 Å². The molecule has 0 heterocycles. The van der Waals surface area contributed by atoms with E-state index in [-0.39, 0.29) is 6.42 Å². The summed E-state index contributed by atoms with van der Waals surface area (Å²) < 4.78 is 5.53. The average Bonchev–Trinajstić information content (AvgIpc) is 2.42. The number of carboxylic acid groups (broad SMARTS) is 1. The smallest absolute Gasteiger partial charge is 0.345 e. The SMILES string of the molecule is Cc1ccc(OC(Cc2ccccc2Cl)C(=O)O)cc1. The number of aryl methyl sites for hydroxylation is 1. The molecular weight excluding hydrogens is 276 g/mol. The van der Waals surface area contributed by atoms with E-state index in [1.165, 1.54) is 0 Å². The summed E-state index contributed by atoms with van der Waals surface area (Å²) in [4.78, 5) is 11.3. The van der Waals surface area contributed by atoms with Crippen molar-refractivity contribution in [2.75, 3.05) is 0 Å². The van der Waals surface area contributed by atoms with E-state index in [0.29, 0.717) is 10.8 Å². The average molecular weight is 291 g/mol. The molecule has 20 heavy (non-hydrogen) atoms. The quantitative estimate of drug-likeness (QED) is 0.913. The molecule has 1 atom stereocenters. The van der Waals surface area contributed by atoms with Crippen LogP contribution in [-0.4, -0.2) is 17.2 Å². The lowest BCUT2D eigenvalue weighted by atomic mass is 10.1. The maximum atomic E-state index is 11.3. The fraction of sp³-hybridized carbons (Fsp3) is 0.188. The minimum absolute atomic E-state index is 0.225. The standard InChI is InChI=1S/C16H15ClO3/c1-11-6-8-13(9-7-11)20-15(16(18)19)10-12-4-2-3-5-14(12)17/h2-9,15H,10H2,1H3,(H,18,19). The van der Waals surface area contributed by atoms with Gasteiger partial charge in [0.2, 0.25) is 0 Å². The summed E-state index contributed by atoms with van der Waals surface area (Å²) in [6.07, 6.45) is -0.735. The second-order valence-electron chi connectivity index (χ2n) is 4.55. The van der Waals surface area contributed by atoms with E-state index in [9.17, 15) is 9.90 Å². The monoisotopic (exact) mass is 290 g/mol. The van der Waals surface area contributed by atoms with Gasteiger partial charge in [0.25, 0.3) is 0 Å². The Bertz CT molecular complexity index is 593. The summed E-state index contributed by atoms with van der Waals surface area (Å²) >= 11 is 6.05. The minimum atomic E-state index is -1.01. The van der Waals surface area contributed by atoms with Crippen molar-refractivity contribution in [3.8, 4) is 5.75 Å². The molecule has 1 N–H and O–H groups in total. The van der Waals surface area contributed by atoms with Crippen LogP contribution in [0.5, 0.6) is 5.75 Å². The predicted molar refractivity (Wildman–Crippen MR) is 78.4 cm³/mol. The molecule has 0 bridgehead atoms. The Morgan fingerprint density at radius 2 is 1.85 bits per heavy atom. The Balaban J connectivity index is 2.14.